The van der Waals surface area contributed by atoms with Crippen LogP contribution in [0.15, 0.2) is 60.7 Å². The average Bonchev–Trinajstić information content (AvgIpc) is 2.39. The Morgan fingerprint density at radius 3 is 1.19 bits per heavy atom. The molecule has 2 aromatic carbocycles. The molecule has 0 aliphatic rings. The third kappa shape index (κ3) is 2.74. The van der Waals surface area contributed by atoms with Crippen LogP contribution in [0.4, 0.5) is 0 Å². The van der Waals surface area contributed by atoms with E-state index < -0.39 is 0 Å². The van der Waals surface area contributed by atoms with Crippen LogP contribution in [0.3, 0.4) is 0 Å². The number of halogens is 2. The molecule has 0 aliphatic heterocycles. The summed E-state index contributed by atoms with van der Waals surface area (Å²) >= 11 is 7.48. The zero-order valence-electron chi connectivity index (χ0n) is 8.68. The quantitative estimate of drug-likeness (QED) is 0.669. The maximum atomic E-state index is 3.74. The van der Waals surface area contributed by atoms with Crippen LogP contribution in [-0.2, 0) is 0 Å². The topological polar surface area (TPSA) is 0 Å². The van der Waals surface area contributed by atoms with E-state index in [-0.39, 0.29) is 9.65 Å². The molecule has 0 heterocycles. The van der Waals surface area contributed by atoms with Crippen LogP contribution in [0, 0.1) is 0 Å². The van der Waals surface area contributed by atoms with Crippen molar-refractivity contribution < 1.29 is 0 Å². The molecule has 2 heteroatoms. The van der Waals surface area contributed by atoms with Crippen molar-refractivity contribution in [2.75, 3.05) is 0 Å². The van der Waals surface area contributed by atoms with Crippen molar-refractivity contribution in [2.45, 2.75) is 9.65 Å². The van der Waals surface area contributed by atoms with Gasteiger partial charge >= 0.3 is 0 Å². The van der Waals surface area contributed by atoms with E-state index in [1.807, 2.05) is 12.1 Å². The molecule has 0 aliphatic carbocycles. The molecule has 0 saturated heterocycles. The molecule has 0 N–H and O–H groups in total. The number of hydrogen-bond acceptors (Lipinski definition) is 0. The van der Waals surface area contributed by atoms with Crippen molar-refractivity contribution in [1.82, 2.24) is 0 Å². The van der Waals surface area contributed by atoms with Gasteiger partial charge in [0.1, 0.15) is 0 Å². The highest BCUT2D eigenvalue weighted by atomic mass is 79.9. The summed E-state index contributed by atoms with van der Waals surface area (Å²) in [6.45, 7) is 0. The normalized spacial score (nSPS) is 14.4. The number of rotatable bonds is 3. The van der Waals surface area contributed by atoms with E-state index in [2.05, 4.69) is 80.4 Å². The third-order valence-electron chi connectivity index (χ3n) is 2.49. The molecule has 0 spiro atoms. The van der Waals surface area contributed by atoms with Crippen LogP contribution in [0.25, 0.3) is 0 Å². The Morgan fingerprint density at radius 2 is 0.875 bits per heavy atom. The van der Waals surface area contributed by atoms with Gasteiger partial charge in [-0.2, -0.15) is 0 Å². The van der Waals surface area contributed by atoms with E-state index in [9.17, 15) is 0 Å². The standard InChI is InChI=1S/C14H12Br2/c15-13(11-7-3-1-4-8-11)14(16)12-9-5-2-6-10-12/h1-10,13-14H/t13-,14+. The minimum Gasteiger partial charge on any atom is -0.0823 e. The van der Waals surface area contributed by atoms with Crippen molar-refractivity contribution in [1.29, 1.82) is 0 Å². The van der Waals surface area contributed by atoms with Gasteiger partial charge in [-0.3, -0.25) is 0 Å². The Kier molecular flexibility index (Phi) is 4.19. The lowest BCUT2D eigenvalue weighted by molar-refractivity contribution is 0.938. The van der Waals surface area contributed by atoms with E-state index in [0.29, 0.717) is 0 Å². The van der Waals surface area contributed by atoms with Gasteiger partial charge in [-0.1, -0.05) is 92.5 Å². The highest BCUT2D eigenvalue weighted by Crippen LogP contribution is 2.41. The largest absolute Gasteiger partial charge is 0.0823 e. The van der Waals surface area contributed by atoms with Gasteiger partial charge in [-0.15, -0.1) is 0 Å². The Hall–Kier alpha value is -0.600. The fourth-order valence-electron chi connectivity index (χ4n) is 1.61. The molecule has 0 amide bonds. The van der Waals surface area contributed by atoms with Gasteiger partial charge in [0.05, 0.1) is 9.65 Å². The molecule has 2 atom stereocenters. The molecular formula is C14H12Br2. The molecule has 2 rings (SSSR count). The minimum absolute atomic E-state index is 0.288. The molecule has 0 fully saturated rings. The fourth-order valence-corrected chi connectivity index (χ4v) is 2.83. The molecule has 0 nitrogen and oxygen atoms in total. The molecule has 0 bridgehead atoms. The van der Waals surface area contributed by atoms with Gasteiger partial charge in [0.25, 0.3) is 0 Å². The number of benzene rings is 2. The third-order valence-corrected chi connectivity index (χ3v) is 5.32. The van der Waals surface area contributed by atoms with Gasteiger partial charge in [0, 0.05) is 0 Å². The van der Waals surface area contributed by atoms with Gasteiger partial charge < -0.3 is 0 Å². The lowest BCUT2D eigenvalue weighted by Crippen LogP contribution is -1.98. The van der Waals surface area contributed by atoms with Crippen molar-refractivity contribution in [3.05, 3.63) is 71.8 Å². The smallest absolute Gasteiger partial charge is 0.0561 e. The minimum atomic E-state index is 0.288. The lowest BCUT2D eigenvalue weighted by atomic mass is 10.0. The Morgan fingerprint density at radius 1 is 0.562 bits per heavy atom. The van der Waals surface area contributed by atoms with Crippen molar-refractivity contribution in [3.8, 4) is 0 Å². The zero-order valence-corrected chi connectivity index (χ0v) is 11.9. The van der Waals surface area contributed by atoms with Crippen LogP contribution < -0.4 is 0 Å². The Balaban J connectivity index is 2.20. The van der Waals surface area contributed by atoms with Crippen molar-refractivity contribution >= 4 is 31.9 Å². The summed E-state index contributed by atoms with van der Waals surface area (Å²) in [6.07, 6.45) is 0. The maximum Gasteiger partial charge on any atom is 0.0561 e. The van der Waals surface area contributed by atoms with Crippen LogP contribution in [-0.4, -0.2) is 0 Å². The summed E-state index contributed by atoms with van der Waals surface area (Å²) < 4.78 is 0. The first-order valence-electron chi connectivity index (χ1n) is 5.17. The summed E-state index contributed by atoms with van der Waals surface area (Å²) in [5.74, 6) is 0. The average molecular weight is 340 g/mol. The molecule has 0 aromatic heterocycles. The predicted molar refractivity (Wildman–Crippen MR) is 76.2 cm³/mol. The van der Waals surface area contributed by atoms with Crippen LogP contribution >= 0.6 is 31.9 Å². The second-order valence-electron chi connectivity index (χ2n) is 3.62. The van der Waals surface area contributed by atoms with Crippen LogP contribution in [0.1, 0.15) is 20.8 Å². The number of hydrogen-bond donors (Lipinski definition) is 0. The first kappa shape index (κ1) is 11.9. The Labute approximate surface area is 113 Å². The Bertz CT molecular complexity index is 382. The first-order valence-corrected chi connectivity index (χ1v) is 7.00. The molecule has 0 saturated carbocycles. The van der Waals surface area contributed by atoms with Crippen molar-refractivity contribution in [3.63, 3.8) is 0 Å². The fraction of sp³-hybridized carbons (Fsp3) is 0.143. The summed E-state index contributed by atoms with van der Waals surface area (Å²) in [5, 5.41) is 0. The molecule has 16 heavy (non-hydrogen) atoms. The summed E-state index contributed by atoms with van der Waals surface area (Å²) in [5.41, 5.74) is 2.57. The summed E-state index contributed by atoms with van der Waals surface area (Å²) in [7, 11) is 0. The first-order chi connectivity index (χ1) is 7.79. The summed E-state index contributed by atoms with van der Waals surface area (Å²) in [6, 6.07) is 20.9. The summed E-state index contributed by atoms with van der Waals surface area (Å²) in [4.78, 5) is 0.576. The number of alkyl halides is 2. The monoisotopic (exact) mass is 338 g/mol. The zero-order chi connectivity index (χ0) is 11.4. The predicted octanol–water partition coefficient (Wildman–Crippen LogP) is 5.26. The maximum absolute atomic E-state index is 3.74. The van der Waals surface area contributed by atoms with E-state index in [1.165, 1.54) is 11.1 Å². The molecule has 0 radical (unpaired) electrons. The van der Waals surface area contributed by atoms with E-state index >= 15 is 0 Å². The molecule has 0 unspecified atom stereocenters. The molecule has 2 aromatic rings. The SMILES string of the molecule is Br[C@H](c1ccccc1)[C@@H](Br)c1ccccc1. The van der Waals surface area contributed by atoms with Gasteiger partial charge in [-0.05, 0) is 11.1 Å². The van der Waals surface area contributed by atoms with Crippen LogP contribution in [0.5, 0.6) is 0 Å². The highest BCUT2D eigenvalue weighted by Gasteiger charge is 2.18. The van der Waals surface area contributed by atoms with E-state index in [1.54, 1.807) is 0 Å². The second kappa shape index (κ2) is 5.65. The molecular weight excluding hydrogens is 328 g/mol. The van der Waals surface area contributed by atoms with Crippen molar-refractivity contribution in [2.24, 2.45) is 0 Å². The van der Waals surface area contributed by atoms with Gasteiger partial charge in [0.2, 0.25) is 0 Å². The van der Waals surface area contributed by atoms with E-state index in [0.717, 1.165) is 0 Å². The highest BCUT2D eigenvalue weighted by molar-refractivity contribution is 9.12. The van der Waals surface area contributed by atoms with Crippen LogP contribution in [0.2, 0.25) is 0 Å². The van der Waals surface area contributed by atoms with Gasteiger partial charge in [0.15, 0.2) is 0 Å². The molecule has 82 valence electrons. The van der Waals surface area contributed by atoms with Gasteiger partial charge in [-0.25, -0.2) is 0 Å². The lowest BCUT2D eigenvalue weighted by Gasteiger charge is -2.17. The van der Waals surface area contributed by atoms with E-state index in [4.69, 9.17) is 0 Å². The second-order valence-corrected chi connectivity index (χ2v) is 5.60.